The molecule has 5 nitrogen and oxygen atoms in total. The molecule has 12 aromatic rings. The number of nitrogens with zero attached hydrogens (tertiary/aromatic N) is 4. The first-order chi connectivity index (χ1) is 28.2. The zero-order valence-corrected chi connectivity index (χ0v) is 31.2. The fraction of sp³-hybridized carbons (Fsp3) is 0. The van der Waals surface area contributed by atoms with Crippen LogP contribution in [-0.2, 0) is 0 Å². The van der Waals surface area contributed by atoms with Crippen molar-refractivity contribution in [3.05, 3.63) is 182 Å². The fourth-order valence-electron chi connectivity index (χ4n) is 8.45. The molecule has 266 valence electrons. The first kappa shape index (κ1) is 31.9. The van der Waals surface area contributed by atoms with Gasteiger partial charge in [0.25, 0.3) is 0 Å². The average Bonchev–Trinajstić information content (AvgIpc) is 3.96. The number of benzene rings is 8. The number of para-hydroxylation sites is 1. The standard InChI is InChI=1S/C51H30N4OS/c1-4-14-31(15-5-1)39-29-35(55-41-22-12-10-20-37(41)46-42(55)26-27-45-47(46)38-21-11-13-23-44(38)57-45)30-40-36-25-24-34(28-43(36)56-48(39)40)51-53-49(32-16-6-2-7-17-32)52-50(54-51)33-18-8-3-9-19-33/h1-30H. The average molecular weight is 747 g/mol. The first-order valence-corrected chi connectivity index (χ1v) is 19.8. The van der Waals surface area contributed by atoms with Crippen molar-refractivity contribution in [3.8, 4) is 51.0 Å². The number of rotatable bonds is 5. The van der Waals surface area contributed by atoms with E-state index in [1.807, 2.05) is 72.0 Å². The van der Waals surface area contributed by atoms with Gasteiger partial charge in [-0.3, -0.25) is 0 Å². The summed E-state index contributed by atoms with van der Waals surface area (Å²) >= 11 is 1.86. The zero-order chi connectivity index (χ0) is 37.5. The zero-order valence-electron chi connectivity index (χ0n) is 30.4. The third-order valence-corrected chi connectivity index (χ3v) is 12.2. The molecule has 0 aliphatic heterocycles. The van der Waals surface area contributed by atoms with Crippen molar-refractivity contribution in [1.29, 1.82) is 0 Å². The SMILES string of the molecule is c1ccc(-c2nc(-c3ccccc3)nc(-c3ccc4c(c3)oc3c(-c5ccccc5)cc(-n5c6ccccc6c6c7c(ccc65)sc5ccccc57)cc34)n2)cc1. The lowest BCUT2D eigenvalue weighted by molar-refractivity contribution is 0.670. The molecule has 12 rings (SSSR count). The van der Waals surface area contributed by atoms with Gasteiger partial charge in [-0.2, -0.15) is 0 Å². The van der Waals surface area contributed by atoms with Crippen LogP contribution in [0.2, 0.25) is 0 Å². The molecule has 0 bridgehead atoms. The van der Waals surface area contributed by atoms with Crippen molar-refractivity contribution < 1.29 is 4.42 Å². The molecule has 0 N–H and O–H groups in total. The van der Waals surface area contributed by atoms with Crippen LogP contribution in [0.25, 0.3) is 115 Å². The minimum absolute atomic E-state index is 0.589. The molecular weight excluding hydrogens is 717 g/mol. The Labute approximate surface area is 330 Å². The summed E-state index contributed by atoms with van der Waals surface area (Å²) < 4.78 is 11.9. The smallest absolute Gasteiger partial charge is 0.164 e. The maximum absolute atomic E-state index is 6.89. The number of thiophene rings is 1. The quantitative estimate of drug-likeness (QED) is 0.176. The highest BCUT2D eigenvalue weighted by Gasteiger charge is 2.21. The van der Waals surface area contributed by atoms with Crippen molar-refractivity contribution in [2.24, 2.45) is 0 Å². The van der Waals surface area contributed by atoms with Gasteiger partial charge in [0.2, 0.25) is 0 Å². The Kier molecular flexibility index (Phi) is 7.03. The van der Waals surface area contributed by atoms with Crippen molar-refractivity contribution in [2.75, 3.05) is 0 Å². The summed E-state index contributed by atoms with van der Waals surface area (Å²) in [6.07, 6.45) is 0. The number of hydrogen-bond acceptors (Lipinski definition) is 5. The molecular formula is C51H30N4OS. The lowest BCUT2D eigenvalue weighted by Gasteiger charge is -2.12. The monoisotopic (exact) mass is 746 g/mol. The summed E-state index contributed by atoms with van der Waals surface area (Å²) in [7, 11) is 0. The van der Waals surface area contributed by atoms with Gasteiger partial charge < -0.3 is 8.98 Å². The van der Waals surface area contributed by atoms with Gasteiger partial charge in [0.15, 0.2) is 17.5 Å². The van der Waals surface area contributed by atoms with Gasteiger partial charge in [0, 0.05) is 69.7 Å². The van der Waals surface area contributed by atoms with Crippen LogP contribution in [0.15, 0.2) is 186 Å². The van der Waals surface area contributed by atoms with Crippen LogP contribution in [0.4, 0.5) is 0 Å². The highest BCUT2D eigenvalue weighted by atomic mass is 32.1. The lowest BCUT2D eigenvalue weighted by Crippen LogP contribution is -2.00. The third-order valence-electron chi connectivity index (χ3n) is 11.0. The van der Waals surface area contributed by atoms with E-state index >= 15 is 0 Å². The van der Waals surface area contributed by atoms with Crippen molar-refractivity contribution in [3.63, 3.8) is 0 Å². The van der Waals surface area contributed by atoms with Gasteiger partial charge >= 0.3 is 0 Å². The van der Waals surface area contributed by atoms with Gasteiger partial charge in [0.1, 0.15) is 11.2 Å². The summed E-state index contributed by atoms with van der Waals surface area (Å²) in [5.41, 5.74) is 9.89. The molecule has 6 heteroatoms. The molecule has 0 fully saturated rings. The topological polar surface area (TPSA) is 56.7 Å². The second-order valence-corrected chi connectivity index (χ2v) is 15.5. The van der Waals surface area contributed by atoms with Gasteiger partial charge in [-0.05, 0) is 54.1 Å². The van der Waals surface area contributed by atoms with E-state index in [4.69, 9.17) is 19.4 Å². The largest absolute Gasteiger partial charge is 0.455 e. The molecule has 0 saturated carbocycles. The van der Waals surface area contributed by atoms with E-state index in [1.54, 1.807) is 0 Å². The fourth-order valence-corrected chi connectivity index (χ4v) is 9.57. The normalized spacial score (nSPS) is 11.9. The van der Waals surface area contributed by atoms with E-state index in [0.717, 1.165) is 55.4 Å². The predicted molar refractivity (Wildman–Crippen MR) is 236 cm³/mol. The second-order valence-electron chi connectivity index (χ2n) is 14.4. The van der Waals surface area contributed by atoms with Gasteiger partial charge in [-0.1, -0.05) is 133 Å². The van der Waals surface area contributed by atoms with E-state index < -0.39 is 0 Å². The van der Waals surface area contributed by atoms with E-state index in [9.17, 15) is 0 Å². The summed E-state index contributed by atoms with van der Waals surface area (Å²) in [5, 5.41) is 7.22. The third kappa shape index (κ3) is 5.04. The van der Waals surface area contributed by atoms with Crippen LogP contribution in [-0.4, -0.2) is 19.5 Å². The van der Waals surface area contributed by atoms with E-state index in [1.165, 1.54) is 42.0 Å². The van der Waals surface area contributed by atoms with Crippen LogP contribution in [0.3, 0.4) is 0 Å². The lowest BCUT2D eigenvalue weighted by atomic mass is 10.0. The van der Waals surface area contributed by atoms with Gasteiger partial charge in [0.05, 0.1) is 11.0 Å². The van der Waals surface area contributed by atoms with Gasteiger partial charge in [-0.25, -0.2) is 15.0 Å². The second kappa shape index (κ2) is 12.6. The van der Waals surface area contributed by atoms with Crippen LogP contribution < -0.4 is 0 Å². The molecule has 0 aliphatic rings. The molecule has 0 unspecified atom stereocenters. The molecule has 0 aliphatic carbocycles. The van der Waals surface area contributed by atoms with Gasteiger partial charge in [-0.15, -0.1) is 11.3 Å². The Balaban J connectivity index is 1.10. The molecule has 4 aromatic heterocycles. The van der Waals surface area contributed by atoms with Crippen LogP contribution in [0, 0.1) is 0 Å². The molecule has 4 heterocycles. The molecule has 0 saturated heterocycles. The molecule has 0 amide bonds. The van der Waals surface area contributed by atoms with E-state index in [-0.39, 0.29) is 0 Å². The molecule has 8 aromatic carbocycles. The Bertz CT molecular complexity index is 3460. The molecule has 0 spiro atoms. The number of hydrogen-bond donors (Lipinski definition) is 0. The van der Waals surface area contributed by atoms with E-state index in [2.05, 4.69) is 126 Å². The van der Waals surface area contributed by atoms with Crippen molar-refractivity contribution >= 4 is 75.3 Å². The Morgan fingerprint density at radius 2 is 1.02 bits per heavy atom. The molecule has 0 radical (unpaired) electrons. The minimum Gasteiger partial charge on any atom is -0.455 e. The summed E-state index contributed by atoms with van der Waals surface area (Å²) in [6.45, 7) is 0. The van der Waals surface area contributed by atoms with Crippen LogP contribution in [0.1, 0.15) is 0 Å². The Hall–Kier alpha value is -7.41. The minimum atomic E-state index is 0.589. The number of fused-ring (bicyclic) bond motifs is 10. The predicted octanol–water partition coefficient (Wildman–Crippen LogP) is 13.9. The maximum Gasteiger partial charge on any atom is 0.164 e. The van der Waals surface area contributed by atoms with Crippen LogP contribution >= 0.6 is 11.3 Å². The van der Waals surface area contributed by atoms with Crippen molar-refractivity contribution in [2.45, 2.75) is 0 Å². The first-order valence-electron chi connectivity index (χ1n) is 19.0. The van der Waals surface area contributed by atoms with Crippen LogP contribution in [0.5, 0.6) is 0 Å². The Morgan fingerprint density at radius 3 is 1.74 bits per heavy atom. The molecule has 57 heavy (non-hydrogen) atoms. The number of aromatic nitrogens is 4. The van der Waals surface area contributed by atoms with E-state index in [0.29, 0.717) is 17.5 Å². The van der Waals surface area contributed by atoms with Crippen molar-refractivity contribution in [1.82, 2.24) is 19.5 Å². The Morgan fingerprint density at radius 1 is 0.404 bits per heavy atom. The highest BCUT2D eigenvalue weighted by molar-refractivity contribution is 7.26. The summed E-state index contributed by atoms with van der Waals surface area (Å²) in [6, 6.07) is 63.7. The highest BCUT2D eigenvalue weighted by Crippen LogP contribution is 2.45. The maximum atomic E-state index is 6.89. The summed E-state index contributed by atoms with van der Waals surface area (Å²) in [4.78, 5) is 14.9. The molecule has 0 atom stereocenters. The summed E-state index contributed by atoms with van der Waals surface area (Å²) in [5.74, 6) is 1.84. The number of furan rings is 1.